The van der Waals surface area contributed by atoms with Crippen LogP contribution in [0.4, 0.5) is 16.2 Å². The van der Waals surface area contributed by atoms with Gasteiger partial charge in [-0.15, -0.1) is 24.8 Å². The predicted molar refractivity (Wildman–Crippen MR) is 101 cm³/mol. The number of nitrogens with one attached hydrogen (secondary N) is 1. The van der Waals surface area contributed by atoms with Crippen LogP contribution in [0.25, 0.3) is 0 Å². The molecule has 1 aromatic rings. The molecular weight excluding hydrogens is 370 g/mol. The Bertz CT molecular complexity index is 571. The Morgan fingerprint density at radius 2 is 1.96 bits per heavy atom. The number of aromatic nitrogens is 2. The molecule has 1 amide bonds. The van der Waals surface area contributed by atoms with Crippen LogP contribution in [-0.4, -0.2) is 79.8 Å². The van der Waals surface area contributed by atoms with E-state index < -0.39 is 6.17 Å². The first-order valence-electron chi connectivity index (χ1n) is 7.96. The highest BCUT2D eigenvalue weighted by molar-refractivity contribution is 5.85. The van der Waals surface area contributed by atoms with E-state index in [4.69, 9.17) is 0 Å². The van der Waals surface area contributed by atoms with Gasteiger partial charge < -0.3 is 20.0 Å². The van der Waals surface area contributed by atoms with Crippen LogP contribution < -0.4 is 15.1 Å². The number of piperazine rings is 1. The van der Waals surface area contributed by atoms with E-state index >= 15 is 0 Å². The fraction of sp³-hybridized carbons (Fsp3) is 0.667. The van der Waals surface area contributed by atoms with Gasteiger partial charge in [0, 0.05) is 59.4 Å². The number of amides is 1. The molecule has 0 saturated carbocycles. The lowest BCUT2D eigenvalue weighted by Crippen LogP contribution is -2.53. The Labute approximate surface area is 159 Å². The maximum absolute atomic E-state index is 13.2. The first-order valence-corrected chi connectivity index (χ1v) is 7.96. The molecule has 1 N–H and O–H groups in total. The van der Waals surface area contributed by atoms with Crippen LogP contribution in [0.15, 0.2) is 12.3 Å². The second-order valence-corrected chi connectivity index (χ2v) is 6.22. The summed E-state index contributed by atoms with van der Waals surface area (Å²) in [5.41, 5.74) is 0. The lowest BCUT2D eigenvalue weighted by atomic mass is 10.1. The summed E-state index contributed by atoms with van der Waals surface area (Å²) in [6.07, 6.45) is 1.13. The van der Waals surface area contributed by atoms with Gasteiger partial charge in [-0.05, 0) is 6.07 Å². The van der Waals surface area contributed by atoms with Gasteiger partial charge in [-0.2, -0.15) is 4.98 Å². The smallest absolute Gasteiger partial charge is 0.239 e. The zero-order valence-corrected chi connectivity index (χ0v) is 16.0. The summed E-state index contributed by atoms with van der Waals surface area (Å²) in [4.78, 5) is 27.0. The highest BCUT2D eigenvalue weighted by Gasteiger charge is 2.33. The monoisotopic (exact) mass is 394 g/mol. The number of carbonyl (C=O) groups is 1. The highest BCUT2D eigenvalue weighted by atomic mass is 35.5. The summed E-state index contributed by atoms with van der Waals surface area (Å²) < 4.78 is 13.2. The van der Waals surface area contributed by atoms with Gasteiger partial charge in [0.2, 0.25) is 11.9 Å². The summed E-state index contributed by atoms with van der Waals surface area (Å²) >= 11 is 0. The molecule has 0 unspecified atom stereocenters. The Hall–Kier alpha value is -1.38. The molecule has 25 heavy (non-hydrogen) atoms. The molecule has 0 bridgehead atoms. The van der Waals surface area contributed by atoms with Crippen molar-refractivity contribution in [2.24, 2.45) is 0 Å². The van der Waals surface area contributed by atoms with Crippen LogP contribution >= 0.6 is 24.8 Å². The minimum absolute atomic E-state index is 0. The van der Waals surface area contributed by atoms with Crippen molar-refractivity contribution in [3.05, 3.63) is 12.3 Å². The van der Waals surface area contributed by atoms with E-state index in [1.54, 1.807) is 6.20 Å². The molecule has 0 radical (unpaired) electrons. The van der Waals surface area contributed by atoms with Gasteiger partial charge in [-0.3, -0.25) is 4.79 Å². The average molecular weight is 395 g/mol. The molecule has 0 spiro atoms. The first kappa shape index (κ1) is 21.7. The first-order chi connectivity index (χ1) is 11.0. The lowest BCUT2D eigenvalue weighted by molar-refractivity contribution is -0.133. The third kappa shape index (κ3) is 5.05. The Morgan fingerprint density at radius 1 is 1.28 bits per heavy atom. The molecule has 2 fully saturated rings. The number of hydrogen-bond donors (Lipinski definition) is 1. The molecule has 0 aromatic carbocycles. The van der Waals surface area contributed by atoms with Gasteiger partial charge >= 0.3 is 0 Å². The van der Waals surface area contributed by atoms with Gasteiger partial charge in [0.1, 0.15) is 12.0 Å². The van der Waals surface area contributed by atoms with Gasteiger partial charge in [0.25, 0.3) is 0 Å². The van der Waals surface area contributed by atoms with Crippen LogP contribution in [0, 0.1) is 0 Å². The van der Waals surface area contributed by atoms with Crippen molar-refractivity contribution in [1.82, 2.24) is 20.2 Å². The van der Waals surface area contributed by atoms with Gasteiger partial charge in [0.15, 0.2) is 0 Å². The van der Waals surface area contributed by atoms with Gasteiger partial charge in [-0.25, -0.2) is 9.37 Å². The third-order valence-electron chi connectivity index (χ3n) is 4.32. The predicted octanol–water partition coefficient (Wildman–Crippen LogP) is 0.735. The van der Waals surface area contributed by atoms with Crippen LogP contribution in [-0.2, 0) is 4.79 Å². The molecule has 0 aliphatic carbocycles. The van der Waals surface area contributed by atoms with Crippen LogP contribution in [0.1, 0.15) is 6.42 Å². The molecule has 2 aliphatic heterocycles. The molecule has 2 atom stereocenters. The molecule has 7 nitrogen and oxygen atoms in total. The van der Waals surface area contributed by atoms with Crippen molar-refractivity contribution in [2.45, 2.75) is 18.6 Å². The van der Waals surface area contributed by atoms with E-state index in [0.29, 0.717) is 19.0 Å². The highest BCUT2D eigenvalue weighted by Crippen LogP contribution is 2.18. The zero-order chi connectivity index (χ0) is 16.4. The average Bonchev–Trinajstić information content (AvgIpc) is 3.01. The van der Waals surface area contributed by atoms with Crippen molar-refractivity contribution in [3.63, 3.8) is 0 Å². The number of anilines is 2. The molecule has 2 saturated heterocycles. The second-order valence-electron chi connectivity index (χ2n) is 6.22. The number of hydrogen-bond acceptors (Lipinski definition) is 6. The normalized spacial score (nSPS) is 22.8. The largest absolute Gasteiger partial charge is 0.353 e. The maximum atomic E-state index is 13.2. The molecular formula is C15H25Cl2FN6O. The quantitative estimate of drug-likeness (QED) is 0.815. The summed E-state index contributed by atoms with van der Waals surface area (Å²) in [5, 5.41) is 2.96. The number of carbonyl (C=O) groups excluding carboxylic acids is 1. The van der Waals surface area contributed by atoms with E-state index in [2.05, 4.69) is 20.2 Å². The van der Waals surface area contributed by atoms with Crippen LogP contribution in [0.2, 0.25) is 0 Å². The molecule has 142 valence electrons. The topological polar surface area (TPSA) is 64.6 Å². The summed E-state index contributed by atoms with van der Waals surface area (Å²) in [7, 11) is 3.81. The zero-order valence-electron chi connectivity index (χ0n) is 14.4. The van der Waals surface area contributed by atoms with Gasteiger partial charge in [-0.1, -0.05) is 0 Å². The SMILES string of the molecule is CN(C)c1nccc(N2CCN(C(=O)[C@H]3C[C@H](F)CN3)CC2)n1.Cl.Cl. The Morgan fingerprint density at radius 3 is 2.52 bits per heavy atom. The van der Waals surface area contributed by atoms with E-state index in [9.17, 15) is 9.18 Å². The van der Waals surface area contributed by atoms with Crippen molar-refractivity contribution in [2.75, 3.05) is 56.6 Å². The lowest BCUT2D eigenvalue weighted by Gasteiger charge is -2.36. The summed E-state index contributed by atoms with van der Waals surface area (Å²) in [6.45, 7) is 3.00. The van der Waals surface area contributed by atoms with E-state index in [-0.39, 0.29) is 49.7 Å². The van der Waals surface area contributed by atoms with Crippen molar-refractivity contribution >= 4 is 42.5 Å². The minimum Gasteiger partial charge on any atom is -0.353 e. The van der Waals surface area contributed by atoms with E-state index in [1.165, 1.54) is 0 Å². The number of alkyl halides is 1. The van der Waals surface area contributed by atoms with Crippen LogP contribution in [0.3, 0.4) is 0 Å². The Kier molecular flexibility index (Phi) is 8.11. The van der Waals surface area contributed by atoms with Gasteiger partial charge in [0.05, 0.1) is 6.04 Å². The third-order valence-corrected chi connectivity index (χ3v) is 4.32. The van der Waals surface area contributed by atoms with Crippen molar-refractivity contribution in [1.29, 1.82) is 0 Å². The molecule has 2 aliphatic rings. The van der Waals surface area contributed by atoms with E-state index in [1.807, 2.05) is 30.0 Å². The Balaban J connectivity index is 0.00000156. The fourth-order valence-corrected chi connectivity index (χ4v) is 2.99. The fourth-order valence-electron chi connectivity index (χ4n) is 2.99. The van der Waals surface area contributed by atoms with Crippen molar-refractivity contribution < 1.29 is 9.18 Å². The molecule has 3 rings (SSSR count). The van der Waals surface area contributed by atoms with E-state index in [0.717, 1.165) is 18.9 Å². The molecule has 3 heterocycles. The number of rotatable bonds is 3. The standard InChI is InChI=1S/C15H23FN6O.2ClH/c1-20(2)15-17-4-3-13(19-15)21-5-7-22(8-6-21)14(23)12-9-11(16)10-18-12;;/h3-4,11-12,18H,5-10H2,1-2H3;2*1H/t11-,12+;;/m0../s1. The molecule has 10 heteroatoms. The minimum atomic E-state index is -0.907. The summed E-state index contributed by atoms with van der Waals surface area (Å²) in [6, 6.07) is 1.52. The maximum Gasteiger partial charge on any atom is 0.239 e. The molecule has 1 aromatic heterocycles. The number of nitrogens with zero attached hydrogens (tertiary/aromatic N) is 5. The van der Waals surface area contributed by atoms with Crippen molar-refractivity contribution in [3.8, 4) is 0 Å². The second kappa shape index (κ2) is 9.35. The number of halogens is 3. The van der Waals surface area contributed by atoms with Crippen LogP contribution in [0.5, 0.6) is 0 Å². The summed E-state index contributed by atoms with van der Waals surface area (Å²) in [5.74, 6) is 1.56.